The van der Waals surface area contributed by atoms with Gasteiger partial charge in [0.1, 0.15) is 5.54 Å². The van der Waals surface area contributed by atoms with Crippen LogP contribution < -0.4 is 11.1 Å². The quantitative estimate of drug-likeness (QED) is 0.386. The number of methoxy groups -OCH3 is 1. The lowest BCUT2D eigenvalue weighted by atomic mass is 10.0. The minimum atomic E-state index is -1.26. The third-order valence-corrected chi connectivity index (χ3v) is 3.28. The minimum Gasteiger partial charge on any atom is -0.480 e. The van der Waals surface area contributed by atoms with Crippen LogP contribution in [0.15, 0.2) is 0 Å². The van der Waals surface area contributed by atoms with E-state index in [0.29, 0.717) is 25.9 Å². The third-order valence-electron chi connectivity index (χ3n) is 3.28. The monoisotopic (exact) mass is 287 g/mol. The topological polar surface area (TPSA) is 122 Å². The first-order valence-corrected chi connectivity index (χ1v) is 6.45. The summed E-state index contributed by atoms with van der Waals surface area (Å²) in [6.07, 6.45) is 1.09. The number of nitrogens with one attached hydrogen (secondary N) is 1. The maximum atomic E-state index is 11.6. The van der Waals surface area contributed by atoms with Crippen LogP contribution in [-0.2, 0) is 19.1 Å². The van der Waals surface area contributed by atoms with E-state index in [2.05, 4.69) is 10.1 Å². The molecule has 20 heavy (non-hydrogen) atoms. The minimum absolute atomic E-state index is 0.116. The van der Waals surface area contributed by atoms with E-state index in [1.54, 1.807) is 4.90 Å². The van der Waals surface area contributed by atoms with Crippen LogP contribution in [0.1, 0.15) is 19.3 Å². The molecule has 4 N–H and O–H groups in total. The van der Waals surface area contributed by atoms with Gasteiger partial charge in [-0.25, -0.2) is 0 Å². The highest BCUT2D eigenvalue weighted by atomic mass is 16.5. The Bertz CT molecular complexity index is 387. The molecule has 1 aliphatic heterocycles. The number of carboxylic acid groups (broad SMARTS) is 1. The Balaban J connectivity index is 2.21. The number of carbonyl (C=O) groups is 3. The Morgan fingerprint density at radius 3 is 2.70 bits per heavy atom. The molecule has 0 spiro atoms. The van der Waals surface area contributed by atoms with Gasteiger partial charge in [0.15, 0.2) is 0 Å². The van der Waals surface area contributed by atoms with E-state index in [-0.39, 0.29) is 31.4 Å². The molecular weight excluding hydrogens is 266 g/mol. The van der Waals surface area contributed by atoms with Crippen molar-refractivity contribution in [3.8, 4) is 0 Å². The number of amides is 1. The van der Waals surface area contributed by atoms with Crippen molar-refractivity contribution in [2.75, 3.05) is 33.3 Å². The molecule has 8 nitrogen and oxygen atoms in total. The van der Waals surface area contributed by atoms with Gasteiger partial charge >= 0.3 is 11.9 Å². The smallest absolute Gasteiger partial charge is 0.325 e. The van der Waals surface area contributed by atoms with Crippen LogP contribution in [0.4, 0.5) is 0 Å². The highest BCUT2D eigenvalue weighted by Crippen LogP contribution is 2.18. The van der Waals surface area contributed by atoms with Crippen LogP contribution in [-0.4, -0.2) is 66.7 Å². The van der Waals surface area contributed by atoms with Crippen molar-refractivity contribution in [3.05, 3.63) is 0 Å². The number of hydrogen-bond donors (Lipinski definition) is 3. The molecule has 1 fully saturated rings. The fourth-order valence-electron chi connectivity index (χ4n) is 2.05. The summed E-state index contributed by atoms with van der Waals surface area (Å²) in [5.74, 6) is -1.56. The molecule has 114 valence electrons. The van der Waals surface area contributed by atoms with E-state index in [1.807, 2.05) is 0 Å². The molecule has 0 saturated carbocycles. The van der Waals surface area contributed by atoms with Crippen molar-refractivity contribution in [1.82, 2.24) is 10.2 Å². The van der Waals surface area contributed by atoms with Crippen molar-refractivity contribution in [3.63, 3.8) is 0 Å². The van der Waals surface area contributed by atoms with Gasteiger partial charge in [-0.2, -0.15) is 0 Å². The van der Waals surface area contributed by atoms with Crippen LogP contribution in [0.5, 0.6) is 0 Å². The van der Waals surface area contributed by atoms with Gasteiger partial charge in [0.25, 0.3) is 0 Å². The summed E-state index contributed by atoms with van der Waals surface area (Å²) in [7, 11) is 1.32. The van der Waals surface area contributed by atoms with E-state index in [9.17, 15) is 14.4 Å². The number of esters is 1. The molecule has 0 radical (unpaired) electrons. The molecular formula is C12H21N3O5. The van der Waals surface area contributed by atoms with Gasteiger partial charge in [-0.15, -0.1) is 0 Å². The van der Waals surface area contributed by atoms with E-state index in [0.717, 1.165) is 0 Å². The predicted molar refractivity (Wildman–Crippen MR) is 69.9 cm³/mol. The molecule has 1 saturated heterocycles. The lowest BCUT2D eigenvalue weighted by Gasteiger charge is -2.19. The van der Waals surface area contributed by atoms with E-state index < -0.39 is 11.5 Å². The molecule has 0 aromatic heterocycles. The van der Waals surface area contributed by atoms with E-state index in [1.165, 1.54) is 7.11 Å². The average Bonchev–Trinajstić information content (AvgIpc) is 2.77. The summed E-state index contributed by atoms with van der Waals surface area (Å²) in [6, 6.07) is 0. The number of likely N-dealkylation sites (tertiary alicyclic amines) is 1. The molecule has 1 atom stereocenters. The lowest BCUT2D eigenvalue weighted by molar-refractivity contribution is -0.143. The number of ether oxygens (including phenoxy) is 1. The summed E-state index contributed by atoms with van der Waals surface area (Å²) in [6.45, 7) is 1.15. The second-order valence-electron chi connectivity index (χ2n) is 4.95. The zero-order valence-corrected chi connectivity index (χ0v) is 11.6. The van der Waals surface area contributed by atoms with Gasteiger partial charge in [0.2, 0.25) is 5.91 Å². The van der Waals surface area contributed by atoms with Crippen molar-refractivity contribution >= 4 is 17.8 Å². The average molecular weight is 287 g/mol. The van der Waals surface area contributed by atoms with Gasteiger partial charge in [-0.05, 0) is 12.8 Å². The summed E-state index contributed by atoms with van der Waals surface area (Å²) in [4.78, 5) is 35.2. The molecule has 1 amide bonds. The van der Waals surface area contributed by atoms with E-state index >= 15 is 0 Å². The number of aliphatic carboxylic acids is 1. The van der Waals surface area contributed by atoms with Crippen LogP contribution in [0, 0.1) is 0 Å². The first-order chi connectivity index (χ1) is 9.37. The number of rotatable bonds is 7. The normalized spacial score (nSPS) is 22.5. The number of carboxylic acids is 1. The first kappa shape index (κ1) is 16.4. The number of nitrogens with zero attached hydrogens (tertiary/aromatic N) is 1. The van der Waals surface area contributed by atoms with Gasteiger partial charge in [-0.3, -0.25) is 19.3 Å². The molecule has 8 heteroatoms. The second kappa shape index (κ2) is 7.20. The number of nitrogens with two attached hydrogens (primary N) is 1. The molecule has 0 aromatic rings. The summed E-state index contributed by atoms with van der Waals surface area (Å²) >= 11 is 0. The summed E-state index contributed by atoms with van der Waals surface area (Å²) < 4.78 is 4.48. The fraction of sp³-hybridized carbons (Fsp3) is 0.750. The van der Waals surface area contributed by atoms with Gasteiger partial charge in [-0.1, -0.05) is 0 Å². The largest absolute Gasteiger partial charge is 0.480 e. The maximum absolute atomic E-state index is 11.6. The predicted octanol–water partition coefficient (Wildman–Crippen LogP) is -1.46. The SMILES string of the molecule is COC(=O)CCCNC(=O)CN1CCC(N)(C(=O)O)C1. The first-order valence-electron chi connectivity index (χ1n) is 6.45. The Morgan fingerprint density at radius 1 is 1.45 bits per heavy atom. The zero-order chi connectivity index (χ0) is 15.2. The van der Waals surface area contributed by atoms with Crippen molar-refractivity contribution in [1.29, 1.82) is 0 Å². The molecule has 0 aromatic carbocycles. The van der Waals surface area contributed by atoms with Crippen LogP contribution >= 0.6 is 0 Å². The lowest BCUT2D eigenvalue weighted by Crippen LogP contribution is -2.50. The van der Waals surface area contributed by atoms with Gasteiger partial charge < -0.3 is 20.9 Å². The maximum Gasteiger partial charge on any atom is 0.325 e. The molecule has 1 heterocycles. The van der Waals surface area contributed by atoms with E-state index in [4.69, 9.17) is 10.8 Å². The Kier molecular flexibility index (Phi) is 5.90. The standard InChI is InChI=1S/C12H21N3O5/c1-20-10(17)3-2-5-14-9(16)7-15-6-4-12(13,8-15)11(18)19/h2-8,13H2,1H3,(H,14,16)(H,18,19). The highest BCUT2D eigenvalue weighted by Gasteiger charge is 2.41. The van der Waals surface area contributed by atoms with Crippen molar-refractivity contribution in [2.24, 2.45) is 5.73 Å². The Hall–Kier alpha value is -1.67. The number of hydrogen-bond acceptors (Lipinski definition) is 6. The Labute approximate surface area is 117 Å². The Morgan fingerprint density at radius 2 is 2.15 bits per heavy atom. The van der Waals surface area contributed by atoms with Crippen molar-refractivity contribution in [2.45, 2.75) is 24.8 Å². The van der Waals surface area contributed by atoms with Gasteiger partial charge in [0, 0.05) is 26.1 Å². The molecule has 1 aliphatic rings. The summed E-state index contributed by atoms with van der Waals surface area (Å²) in [5.41, 5.74) is 4.46. The molecule has 0 bridgehead atoms. The van der Waals surface area contributed by atoms with Crippen LogP contribution in [0.25, 0.3) is 0 Å². The zero-order valence-electron chi connectivity index (χ0n) is 11.6. The highest BCUT2D eigenvalue weighted by molar-refractivity contribution is 5.80. The molecule has 0 aliphatic carbocycles. The van der Waals surface area contributed by atoms with Crippen molar-refractivity contribution < 1.29 is 24.2 Å². The van der Waals surface area contributed by atoms with Gasteiger partial charge in [0.05, 0.1) is 13.7 Å². The third kappa shape index (κ3) is 4.78. The van der Waals surface area contributed by atoms with Crippen LogP contribution in [0.2, 0.25) is 0 Å². The number of carbonyl (C=O) groups excluding carboxylic acids is 2. The summed E-state index contributed by atoms with van der Waals surface area (Å²) in [5, 5.41) is 11.6. The molecule has 1 rings (SSSR count). The second-order valence-corrected chi connectivity index (χ2v) is 4.95. The molecule has 1 unspecified atom stereocenters. The van der Waals surface area contributed by atoms with Crippen LogP contribution in [0.3, 0.4) is 0 Å². The fourth-order valence-corrected chi connectivity index (χ4v) is 2.05.